The number of nitrogens with zero attached hydrogens (tertiary/aromatic N) is 4. The van der Waals surface area contributed by atoms with Crippen LogP contribution < -0.4 is 14.8 Å². The average molecular weight is 658 g/mol. The van der Waals surface area contributed by atoms with E-state index in [0.717, 1.165) is 16.7 Å². The highest BCUT2D eigenvalue weighted by Crippen LogP contribution is 2.46. The number of methoxy groups -OCH3 is 2. The lowest BCUT2D eigenvalue weighted by molar-refractivity contribution is -0.0988. The van der Waals surface area contributed by atoms with Gasteiger partial charge in [-0.15, -0.1) is 0 Å². The van der Waals surface area contributed by atoms with Crippen molar-refractivity contribution >= 4 is 22.9 Å². The summed E-state index contributed by atoms with van der Waals surface area (Å²) in [4.78, 5) is 26.2. The molecule has 0 unspecified atom stereocenters. The first-order chi connectivity index (χ1) is 24.0. The Kier molecular flexibility index (Phi) is 9.03. The van der Waals surface area contributed by atoms with Gasteiger partial charge in [0.15, 0.2) is 17.0 Å². The number of imidazole rings is 1. The number of fused-ring (bicyclic) bond motifs is 1. The molecule has 1 aliphatic heterocycles. The number of hydrogen-bond donors (Lipinski definition) is 2. The van der Waals surface area contributed by atoms with E-state index in [4.69, 9.17) is 18.9 Å². The highest BCUT2D eigenvalue weighted by molar-refractivity contribution is 6.06. The lowest BCUT2D eigenvalue weighted by Gasteiger charge is -2.39. The zero-order valence-corrected chi connectivity index (χ0v) is 27.0. The van der Waals surface area contributed by atoms with Gasteiger partial charge in [0.25, 0.3) is 5.91 Å². The smallest absolute Gasteiger partial charge is 0.256 e. The number of hydrogen-bond acceptors (Lipinski definition) is 9. The molecular weight excluding hydrogens is 622 g/mol. The number of rotatable bonds is 11. The molecule has 3 atom stereocenters. The van der Waals surface area contributed by atoms with Crippen LogP contribution in [0.4, 0.5) is 5.82 Å². The Hall–Kier alpha value is -5.62. The molecule has 11 nitrogen and oxygen atoms in total. The first kappa shape index (κ1) is 32.0. The molecule has 0 spiro atoms. The molecule has 11 heteroatoms. The van der Waals surface area contributed by atoms with Crippen molar-refractivity contribution in [2.75, 3.05) is 26.1 Å². The Labute approximate surface area is 283 Å². The lowest BCUT2D eigenvalue weighted by atomic mass is 9.79. The quantitative estimate of drug-likeness (QED) is 0.167. The molecule has 4 aromatic carbocycles. The molecule has 2 aromatic heterocycles. The van der Waals surface area contributed by atoms with Crippen molar-refractivity contribution in [1.82, 2.24) is 19.5 Å². The summed E-state index contributed by atoms with van der Waals surface area (Å²) in [6.07, 6.45) is 1.52. The normalized spacial score (nSPS) is 17.6. The van der Waals surface area contributed by atoms with Crippen molar-refractivity contribution in [3.63, 3.8) is 0 Å². The number of nitrogens with one attached hydrogen (secondary N) is 1. The van der Waals surface area contributed by atoms with Crippen LogP contribution in [0, 0.1) is 0 Å². The number of ether oxygens (including phenoxy) is 4. The Morgan fingerprint density at radius 2 is 1.43 bits per heavy atom. The average Bonchev–Trinajstić information content (AvgIpc) is 3.79. The van der Waals surface area contributed by atoms with Crippen molar-refractivity contribution in [3.05, 3.63) is 144 Å². The van der Waals surface area contributed by atoms with E-state index in [-0.39, 0.29) is 18.3 Å². The van der Waals surface area contributed by atoms with Crippen LogP contribution in [0.5, 0.6) is 11.5 Å². The zero-order valence-electron chi connectivity index (χ0n) is 27.0. The van der Waals surface area contributed by atoms with Crippen LogP contribution in [0.25, 0.3) is 11.2 Å². The van der Waals surface area contributed by atoms with E-state index in [1.54, 1.807) is 49.4 Å². The predicted molar refractivity (Wildman–Crippen MR) is 183 cm³/mol. The Balaban J connectivity index is 1.26. The summed E-state index contributed by atoms with van der Waals surface area (Å²) in [5.74, 6) is 1.40. The van der Waals surface area contributed by atoms with E-state index in [9.17, 15) is 9.90 Å². The SMILES string of the molecule is COc1ccc(C(O[C@H]2C[C@H](n3cnc4c(NC(=O)c5ccccc5)ncnc43)O[C@@H]2CO)(c2ccccc2)c2ccc(OC)cc2)cc1. The number of amides is 1. The Morgan fingerprint density at radius 3 is 2.02 bits per heavy atom. The Morgan fingerprint density at radius 1 is 0.837 bits per heavy atom. The van der Waals surface area contributed by atoms with Crippen LogP contribution in [0.2, 0.25) is 0 Å². The van der Waals surface area contributed by atoms with Gasteiger partial charge in [0.05, 0.1) is 33.3 Å². The molecule has 3 heterocycles. The summed E-state index contributed by atoms with van der Waals surface area (Å²) in [5, 5.41) is 13.5. The monoisotopic (exact) mass is 657 g/mol. The Bertz CT molecular complexity index is 1970. The van der Waals surface area contributed by atoms with Gasteiger partial charge in [-0.2, -0.15) is 0 Å². The molecule has 0 aliphatic carbocycles. The topological polar surface area (TPSA) is 130 Å². The summed E-state index contributed by atoms with van der Waals surface area (Å²) in [7, 11) is 3.26. The largest absolute Gasteiger partial charge is 0.497 e. The second-order valence-electron chi connectivity index (χ2n) is 11.6. The highest BCUT2D eigenvalue weighted by Gasteiger charge is 2.46. The van der Waals surface area contributed by atoms with Gasteiger partial charge >= 0.3 is 0 Å². The molecule has 1 amide bonds. The summed E-state index contributed by atoms with van der Waals surface area (Å²) in [6, 6.07) is 34.4. The van der Waals surface area contributed by atoms with Gasteiger partial charge in [-0.25, -0.2) is 15.0 Å². The van der Waals surface area contributed by atoms with Gasteiger partial charge < -0.3 is 29.4 Å². The van der Waals surface area contributed by atoms with Crippen molar-refractivity contribution in [2.45, 2.75) is 30.5 Å². The third-order valence-electron chi connectivity index (χ3n) is 8.80. The maximum Gasteiger partial charge on any atom is 0.256 e. The maximum absolute atomic E-state index is 12.9. The number of carbonyl (C=O) groups excluding carboxylic acids is 1. The number of anilines is 1. The number of aliphatic hydroxyl groups excluding tert-OH is 1. The molecule has 0 radical (unpaired) electrons. The fraction of sp³-hybridized carbons (Fsp3) is 0.211. The molecular formula is C38H35N5O6. The van der Waals surface area contributed by atoms with Crippen LogP contribution in [-0.4, -0.2) is 63.6 Å². The molecule has 49 heavy (non-hydrogen) atoms. The van der Waals surface area contributed by atoms with Crippen molar-refractivity contribution in [3.8, 4) is 11.5 Å². The van der Waals surface area contributed by atoms with Crippen LogP contribution >= 0.6 is 0 Å². The van der Waals surface area contributed by atoms with Gasteiger partial charge in [-0.05, 0) is 53.1 Å². The third kappa shape index (κ3) is 6.11. The van der Waals surface area contributed by atoms with Gasteiger partial charge in [0, 0.05) is 12.0 Å². The molecule has 6 aromatic rings. The second-order valence-corrected chi connectivity index (χ2v) is 11.6. The van der Waals surface area contributed by atoms with E-state index < -0.39 is 24.0 Å². The van der Waals surface area contributed by atoms with E-state index in [0.29, 0.717) is 34.6 Å². The molecule has 1 saturated heterocycles. The van der Waals surface area contributed by atoms with Crippen molar-refractivity contribution < 1.29 is 28.8 Å². The summed E-state index contributed by atoms with van der Waals surface area (Å²) < 4.78 is 26.5. The molecule has 2 N–H and O–H groups in total. The predicted octanol–water partition coefficient (Wildman–Crippen LogP) is 5.75. The van der Waals surface area contributed by atoms with Gasteiger partial charge in [-0.3, -0.25) is 9.36 Å². The molecule has 7 rings (SSSR count). The van der Waals surface area contributed by atoms with Crippen LogP contribution in [0.15, 0.2) is 122 Å². The van der Waals surface area contributed by atoms with Crippen LogP contribution in [0.3, 0.4) is 0 Å². The first-order valence-corrected chi connectivity index (χ1v) is 15.9. The molecule has 0 saturated carbocycles. The minimum absolute atomic E-state index is 0.280. The van der Waals surface area contributed by atoms with E-state index >= 15 is 0 Å². The number of benzene rings is 4. The third-order valence-corrected chi connectivity index (χ3v) is 8.80. The zero-order chi connectivity index (χ0) is 33.8. The van der Waals surface area contributed by atoms with E-state index in [2.05, 4.69) is 20.3 Å². The van der Waals surface area contributed by atoms with Crippen molar-refractivity contribution in [1.29, 1.82) is 0 Å². The first-order valence-electron chi connectivity index (χ1n) is 15.9. The van der Waals surface area contributed by atoms with Gasteiger partial charge in [-0.1, -0.05) is 72.8 Å². The molecule has 1 aliphatic rings. The summed E-state index contributed by atoms with van der Waals surface area (Å²) in [5.41, 5.74) is 2.90. The fourth-order valence-corrected chi connectivity index (χ4v) is 6.34. The minimum Gasteiger partial charge on any atom is -0.497 e. The number of carbonyl (C=O) groups is 1. The highest BCUT2D eigenvalue weighted by atomic mass is 16.6. The summed E-state index contributed by atoms with van der Waals surface area (Å²) in [6.45, 7) is -0.280. The molecule has 248 valence electrons. The van der Waals surface area contributed by atoms with E-state index in [1.807, 2.05) is 84.9 Å². The standard InChI is InChI=1S/C38H35N5O6/c1-46-29-17-13-27(14-18-29)38(26-11-7-4-8-12-26,28-15-19-30(47-2)20-16-28)49-31-21-33(48-32(31)22-44)43-24-41-34-35(39-23-40-36(34)43)42-37(45)25-9-5-3-6-10-25/h3-20,23-24,31-33,44H,21-22H2,1-2H3,(H,39,40,42,45)/t31-,32+,33+/m0/s1. The van der Waals surface area contributed by atoms with Crippen molar-refractivity contribution in [2.24, 2.45) is 0 Å². The van der Waals surface area contributed by atoms with E-state index in [1.165, 1.54) is 6.33 Å². The van der Waals surface area contributed by atoms with Gasteiger partial charge in [0.2, 0.25) is 0 Å². The lowest BCUT2D eigenvalue weighted by Crippen LogP contribution is -2.40. The number of aliphatic hydroxyl groups is 1. The second kappa shape index (κ2) is 13.9. The number of aromatic nitrogens is 4. The van der Waals surface area contributed by atoms with Crippen LogP contribution in [-0.2, 0) is 15.1 Å². The summed E-state index contributed by atoms with van der Waals surface area (Å²) >= 11 is 0. The minimum atomic E-state index is -1.11. The molecule has 1 fully saturated rings. The molecule has 0 bridgehead atoms. The maximum atomic E-state index is 12.9. The van der Waals surface area contributed by atoms with Crippen LogP contribution in [0.1, 0.15) is 39.7 Å². The van der Waals surface area contributed by atoms with Gasteiger partial charge in [0.1, 0.15) is 35.8 Å². The fourth-order valence-electron chi connectivity index (χ4n) is 6.34.